The highest BCUT2D eigenvalue weighted by Crippen LogP contribution is 2.22. The van der Waals surface area contributed by atoms with Crippen molar-refractivity contribution >= 4 is 11.9 Å². The van der Waals surface area contributed by atoms with Crippen LogP contribution in [-0.4, -0.2) is 37.2 Å². The van der Waals surface area contributed by atoms with Gasteiger partial charge >= 0.3 is 5.97 Å². The molecule has 1 amide bonds. The van der Waals surface area contributed by atoms with E-state index in [1.54, 1.807) is 24.3 Å². The minimum absolute atomic E-state index is 0.114. The molecule has 0 bridgehead atoms. The van der Waals surface area contributed by atoms with Crippen LogP contribution in [0.2, 0.25) is 0 Å². The number of amides is 1. The summed E-state index contributed by atoms with van der Waals surface area (Å²) in [6, 6.07) is 16.3. The first-order valence-electron chi connectivity index (χ1n) is 8.28. The lowest BCUT2D eigenvalue weighted by molar-refractivity contribution is 0.0600. The number of aliphatic hydroxyl groups is 1. The molecule has 25 heavy (non-hydrogen) atoms. The van der Waals surface area contributed by atoms with Crippen molar-refractivity contribution in [3.05, 3.63) is 71.3 Å². The number of methoxy groups -OCH3 is 1. The number of carbonyl (C=O) groups is 2. The number of hydrogen-bond acceptors (Lipinski definition) is 4. The molecule has 0 spiro atoms. The van der Waals surface area contributed by atoms with E-state index < -0.39 is 5.97 Å². The second-order valence-corrected chi connectivity index (χ2v) is 5.73. The van der Waals surface area contributed by atoms with Crippen molar-refractivity contribution < 1.29 is 19.4 Å². The second-order valence-electron chi connectivity index (χ2n) is 5.73. The van der Waals surface area contributed by atoms with E-state index in [0.29, 0.717) is 24.1 Å². The van der Waals surface area contributed by atoms with Crippen molar-refractivity contribution in [3.63, 3.8) is 0 Å². The molecule has 5 heteroatoms. The number of benzene rings is 2. The third-order valence-electron chi connectivity index (χ3n) is 4.10. The van der Waals surface area contributed by atoms with E-state index >= 15 is 0 Å². The predicted octanol–water partition coefficient (Wildman–Crippen LogP) is 2.76. The zero-order valence-electron chi connectivity index (χ0n) is 14.3. The first-order chi connectivity index (χ1) is 12.2. The zero-order valence-corrected chi connectivity index (χ0v) is 14.3. The van der Waals surface area contributed by atoms with Crippen LogP contribution in [0.3, 0.4) is 0 Å². The van der Waals surface area contributed by atoms with E-state index in [1.807, 2.05) is 30.3 Å². The van der Waals surface area contributed by atoms with Gasteiger partial charge in [-0.2, -0.15) is 0 Å². The molecule has 0 saturated heterocycles. The largest absolute Gasteiger partial charge is 0.465 e. The van der Waals surface area contributed by atoms with Gasteiger partial charge in [0.05, 0.1) is 12.7 Å². The Morgan fingerprint density at radius 3 is 2.24 bits per heavy atom. The van der Waals surface area contributed by atoms with Gasteiger partial charge in [0.15, 0.2) is 0 Å². The number of esters is 1. The number of rotatable bonds is 8. The molecule has 0 aliphatic rings. The molecular weight excluding hydrogens is 318 g/mol. The Labute approximate surface area is 147 Å². The summed E-state index contributed by atoms with van der Waals surface area (Å²) in [4.78, 5) is 23.6. The minimum Gasteiger partial charge on any atom is -0.465 e. The van der Waals surface area contributed by atoms with Gasteiger partial charge in [0.1, 0.15) is 0 Å². The van der Waals surface area contributed by atoms with E-state index in [-0.39, 0.29) is 18.4 Å². The molecule has 0 aliphatic heterocycles. The van der Waals surface area contributed by atoms with Crippen LogP contribution in [0.1, 0.15) is 45.0 Å². The van der Waals surface area contributed by atoms with Crippen LogP contribution in [0.15, 0.2) is 54.6 Å². The molecule has 0 saturated carbocycles. The van der Waals surface area contributed by atoms with E-state index in [4.69, 9.17) is 0 Å². The highest BCUT2D eigenvalue weighted by atomic mass is 16.5. The van der Waals surface area contributed by atoms with Crippen LogP contribution < -0.4 is 5.32 Å². The Morgan fingerprint density at radius 2 is 1.64 bits per heavy atom. The van der Waals surface area contributed by atoms with E-state index in [1.165, 1.54) is 7.11 Å². The zero-order chi connectivity index (χ0) is 18.1. The summed E-state index contributed by atoms with van der Waals surface area (Å²) in [5.41, 5.74) is 2.06. The van der Waals surface area contributed by atoms with Crippen LogP contribution in [0.5, 0.6) is 0 Å². The SMILES string of the molecule is COC(=O)c1ccc(C(=O)NCC[C@H](CCO)c2ccccc2)cc1. The third kappa shape index (κ3) is 5.43. The summed E-state index contributed by atoms with van der Waals surface area (Å²) in [5, 5.41) is 12.1. The van der Waals surface area contributed by atoms with Crippen molar-refractivity contribution in [2.75, 3.05) is 20.3 Å². The fourth-order valence-electron chi connectivity index (χ4n) is 2.70. The lowest BCUT2D eigenvalue weighted by Gasteiger charge is -2.16. The summed E-state index contributed by atoms with van der Waals surface area (Å²) >= 11 is 0. The quantitative estimate of drug-likeness (QED) is 0.724. The standard InChI is InChI=1S/C20H23NO4/c1-25-20(24)18-9-7-17(8-10-18)19(23)21-13-11-16(12-14-22)15-5-3-2-4-6-15/h2-10,16,22H,11-14H2,1H3,(H,21,23)/t16-/m1/s1. The number of ether oxygens (including phenoxy) is 1. The maximum atomic E-state index is 12.2. The molecule has 2 aromatic rings. The molecule has 0 heterocycles. The van der Waals surface area contributed by atoms with Gasteiger partial charge in [-0.05, 0) is 48.6 Å². The molecule has 0 fully saturated rings. The summed E-state index contributed by atoms with van der Waals surface area (Å²) in [6.07, 6.45) is 1.41. The van der Waals surface area contributed by atoms with Gasteiger partial charge in [0.25, 0.3) is 5.91 Å². The first-order valence-corrected chi connectivity index (χ1v) is 8.28. The van der Waals surface area contributed by atoms with Crippen LogP contribution in [0, 0.1) is 0 Å². The fourth-order valence-corrected chi connectivity index (χ4v) is 2.70. The van der Waals surface area contributed by atoms with Crippen molar-refractivity contribution in [1.29, 1.82) is 0 Å². The maximum Gasteiger partial charge on any atom is 0.337 e. The molecule has 0 radical (unpaired) electrons. The average molecular weight is 341 g/mol. The molecule has 0 aliphatic carbocycles. The Kier molecular flexibility index (Phi) is 7.16. The highest BCUT2D eigenvalue weighted by Gasteiger charge is 2.12. The van der Waals surface area contributed by atoms with Gasteiger partial charge in [-0.1, -0.05) is 30.3 Å². The number of aliphatic hydroxyl groups excluding tert-OH is 1. The van der Waals surface area contributed by atoms with Gasteiger partial charge < -0.3 is 15.2 Å². The van der Waals surface area contributed by atoms with Crippen molar-refractivity contribution in [2.45, 2.75) is 18.8 Å². The topological polar surface area (TPSA) is 75.6 Å². The molecular formula is C20H23NO4. The summed E-state index contributed by atoms with van der Waals surface area (Å²) < 4.78 is 4.63. The van der Waals surface area contributed by atoms with E-state index in [2.05, 4.69) is 10.1 Å². The molecule has 2 aromatic carbocycles. The molecule has 0 unspecified atom stereocenters. The van der Waals surface area contributed by atoms with Crippen LogP contribution in [-0.2, 0) is 4.74 Å². The summed E-state index contributed by atoms with van der Waals surface area (Å²) in [7, 11) is 1.32. The number of hydrogen-bond donors (Lipinski definition) is 2. The predicted molar refractivity (Wildman–Crippen MR) is 95.6 cm³/mol. The number of carbonyl (C=O) groups excluding carboxylic acids is 2. The van der Waals surface area contributed by atoms with E-state index in [9.17, 15) is 14.7 Å². The molecule has 132 valence electrons. The highest BCUT2D eigenvalue weighted by molar-refractivity contribution is 5.96. The smallest absolute Gasteiger partial charge is 0.337 e. The Morgan fingerprint density at radius 1 is 1.00 bits per heavy atom. The maximum absolute atomic E-state index is 12.2. The van der Waals surface area contributed by atoms with E-state index in [0.717, 1.165) is 12.0 Å². The van der Waals surface area contributed by atoms with Crippen molar-refractivity contribution in [2.24, 2.45) is 0 Å². The van der Waals surface area contributed by atoms with Crippen LogP contribution in [0.25, 0.3) is 0 Å². The van der Waals surface area contributed by atoms with Gasteiger partial charge in [0.2, 0.25) is 0 Å². The molecule has 2 N–H and O–H groups in total. The lowest BCUT2D eigenvalue weighted by atomic mass is 9.93. The van der Waals surface area contributed by atoms with Gasteiger partial charge in [-0.3, -0.25) is 4.79 Å². The number of nitrogens with one attached hydrogen (secondary N) is 1. The van der Waals surface area contributed by atoms with Crippen LogP contribution in [0.4, 0.5) is 0 Å². The normalized spacial score (nSPS) is 11.6. The summed E-state index contributed by atoms with van der Waals surface area (Å²) in [6.45, 7) is 0.625. The molecule has 2 rings (SSSR count). The Balaban J connectivity index is 1.89. The van der Waals surface area contributed by atoms with Gasteiger partial charge in [0, 0.05) is 18.7 Å². The monoisotopic (exact) mass is 341 g/mol. The third-order valence-corrected chi connectivity index (χ3v) is 4.10. The van der Waals surface area contributed by atoms with Crippen molar-refractivity contribution in [3.8, 4) is 0 Å². The fraction of sp³-hybridized carbons (Fsp3) is 0.300. The molecule has 0 aromatic heterocycles. The second kappa shape index (κ2) is 9.59. The molecule has 1 atom stereocenters. The Bertz CT molecular complexity index is 683. The lowest BCUT2D eigenvalue weighted by Crippen LogP contribution is -2.26. The average Bonchev–Trinajstić information content (AvgIpc) is 2.67. The van der Waals surface area contributed by atoms with Crippen molar-refractivity contribution in [1.82, 2.24) is 5.32 Å². The van der Waals surface area contributed by atoms with Crippen LogP contribution >= 0.6 is 0 Å². The first kappa shape index (κ1) is 18.7. The van der Waals surface area contributed by atoms with Gasteiger partial charge in [-0.25, -0.2) is 4.79 Å². The Hall–Kier alpha value is -2.66. The summed E-state index contributed by atoms with van der Waals surface area (Å²) in [5.74, 6) is -0.415. The minimum atomic E-state index is -0.429. The van der Waals surface area contributed by atoms with Gasteiger partial charge in [-0.15, -0.1) is 0 Å². The molecule has 5 nitrogen and oxygen atoms in total.